The lowest BCUT2D eigenvalue weighted by molar-refractivity contribution is -0.120. The van der Waals surface area contributed by atoms with Gasteiger partial charge in [-0.15, -0.1) is 0 Å². The van der Waals surface area contributed by atoms with Gasteiger partial charge in [0.1, 0.15) is 11.9 Å². The maximum Gasteiger partial charge on any atom is 0.410 e. The van der Waals surface area contributed by atoms with E-state index in [-0.39, 0.29) is 5.69 Å². The van der Waals surface area contributed by atoms with Gasteiger partial charge in [-0.05, 0) is 37.5 Å². The minimum Gasteiger partial charge on any atom is -0.453 e. The van der Waals surface area contributed by atoms with Crippen LogP contribution in [0.25, 0.3) is 0 Å². The summed E-state index contributed by atoms with van der Waals surface area (Å²) in [4.78, 5) is 25.1. The normalized spacial score (nSPS) is 17.9. The van der Waals surface area contributed by atoms with Gasteiger partial charge in [0.2, 0.25) is 5.91 Å². The molecule has 1 unspecified atom stereocenters. The van der Waals surface area contributed by atoms with Crippen LogP contribution in [0, 0.1) is 12.7 Å². The molecule has 5 nitrogen and oxygen atoms in total. The minimum absolute atomic E-state index is 0.131. The van der Waals surface area contributed by atoms with Gasteiger partial charge in [0.15, 0.2) is 0 Å². The quantitative estimate of drug-likeness (QED) is 0.904. The first kappa shape index (κ1) is 14.3. The Kier molecular flexibility index (Phi) is 4.22. The third kappa shape index (κ3) is 2.89. The van der Waals surface area contributed by atoms with E-state index in [4.69, 9.17) is 0 Å². The van der Waals surface area contributed by atoms with Gasteiger partial charge in [0.05, 0.1) is 12.8 Å². The fraction of sp³-hybridized carbons (Fsp3) is 0.429. The highest BCUT2D eigenvalue weighted by Gasteiger charge is 2.34. The summed E-state index contributed by atoms with van der Waals surface area (Å²) in [5, 5.41) is 2.54. The summed E-state index contributed by atoms with van der Waals surface area (Å²) in [6.45, 7) is 2.28. The molecule has 0 saturated carbocycles. The SMILES string of the molecule is COC(=O)N1CCCC1C(=O)Nc1cc(C)ccc1F. The van der Waals surface area contributed by atoms with E-state index in [1.807, 2.05) is 6.92 Å². The number of rotatable bonds is 2. The number of ether oxygens (including phenoxy) is 1. The van der Waals surface area contributed by atoms with E-state index in [9.17, 15) is 14.0 Å². The summed E-state index contributed by atoms with van der Waals surface area (Å²) in [5.41, 5.74) is 0.977. The molecule has 1 aliphatic rings. The fourth-order valence-corrected chi connectivity index (χ4v) is 2.33. The second-order valence-corrected chi connectivity index (χ2v) is 4.79. The van der Waals surface area contributed by atoms with Crippen molar-refractivity contribution >= 4 is 17.7 Å². The highest BCUT2D eigenvalue weighted by Crippen LogP contribution is 2.21. The summed E-state index contributed by atoms with van der Waals surface area (Å²) >= 11 is 0. The van der Waals surface area contributed by atoms with Crippen LogP contribution in [-0.4, -0.2) is 36.6 Å². The van der Waals surface area contributed by atoms with Crippen LogP contribution in [0.15, 0.2) is 18.2 Å². The molecular weight excluding hydrogens is 263 g/mol. The van der Waals surface area contributed by atoms with Crippen LogP contribution in [0.1, 0.15) is 18.4 Å². The Morgan fingerprint density at radius 2 is 2.20 bits per heavy atom. The molecule has 6 heteroatoms. The molecule has 0 aromatic heterocycles. The molecule has 1 heterocycles. The predicted molar refractivity (Wildman–Crippen MR) is 71.9 cm³/mol. The lowest BCUT2D eigenvalue weighted by Crippen LogP contribution is -2.43. The average Bonchev–Trinajstić information content (AvgIpc) is 2.91. The maximum absolute atomic E-state index is 13.6. The number of nitrogens with zero attached hydrogens (tertiary/aromatic N) is 1. The van der Waals surface area contributed by atoms with Gasteiger partial charge < -0.3 is 10.1 Å². The van der Waals surface area contributed by atoms with Crippen molar-refractivity contribution in [3.8, 4) is 0 Å². The van der Waals surface area contributed by atoms with Crippen LogP contribution in [0.4, 0.5) is 14.9 Å². The molecule has 1 aliphatic heterocycles. The zero-order chi connectivity index (χ0) is 14.7. The number of hydrogen-bond acceptors (Lipinski definition) is 3. The molecule has 1 aromatic carbocycles. The molecule has 0 bridgehead atoms. The molecule has 0 spiro atoms. The number of aryl methyl sites for hydroxylation is 1. The van der Waals surface area contributed by atoms with E-state index >= 15 is 0 Å². The Balaban J connectivity index is 2.11. The number of nitrogens with one attached hydrogen (secondary N) is 1. The Morgan fingerprint density at radius 1 is 1.45 bits per heavy atom. The van der Waals surface area contributed by atoms with Crippen LogP contribution in [0.3, 0.4) is 0 Å². The van der Waals surface area contributed by atoms with Crippen LogP contribution < -0.4 is 5.32 Å². The van der Waals surface area contributed by atoms with E-state index in [2.05, 4.69) is 10.1 Å². The molecule has 0 aliphatic carbocycles. The first-order valence-electron chi connectivity index (χ1n) is 6.44. The fourth-order valence-electron chi connectivity index (χ4n) is 2.33. The predicted octanol–water partition coefficient (Wildman–Crippen LogP) is 2.30. The van der Waals surface area contributed by atoms with E-state index in [0.29, 0.717) is 13.0 Å². The average molecular weight is 280 g/mol. The van der Waals surface area contributed by atoms with Crippen LogP contribution in [0.5, 0.6) is 0 Å². The number of halogens is 1. The molecule has 2 rings (SSSR count). The maximum atomic E-state index is 13.6. The second kappa shape index (κ2) is 5.90. The Bertz CT molecular complexity index is 533. The number of carbonyl (C=O) groups excluding carboxylic acids is 2. The van der Waals surface area contributed by atoms with Gasteiger partial charge in [-0.3, -0.25) is 9.69 Å². The molecule has 1 N–H and O–H groups in total. The Labute approximate surface area is 116 Å². The Hall–Kier alpha value is -2.11. The van der Waals surface area contributed by atoms with Crippen molar-refractivity contribution in [2.75, 3.05) is 19.0 Å². The summed E-state index contributed by atoms with van der Waals surface area (Å²) in [6.07, 6.45) is 0.741. The largest absolute Gasteiger partial charge is 0.453 e. The van der Waals surface area contributed by atoms with Crippen LogP contribution in [0.2, 0.25) is 0 Å². The summed E-state index contributed by atoms with van der Waals surface area (Å²) < 4.78 is 18.3. The summed E-state index contributed by atoms with van der Waals surface area (Å²) in [7, 11) is 1.27. The highest BCUT2D eigenvalue weighted by atomic mass is 19.1. The topological polar surface area (TPSA) is 58.6 Å². The third-order valence-corrected chi connectivity index (χ3v) is 3.34. The van der Waals surface area contributed by atoms with Gasteiger partial charge >= 0.3 is 6.09 Å². The van der Waals surface area contributed by atoms with Crippen molar-refractivity contribution in [3.05, 3.63) is 29.6 Å². The first-order valence-corrected chi connectivity index (χ1v) is 6.44. The van der Waals surface area contributed by atoms with Gasteiger partial charge in [-0.2, -0.15) is 0 Å². The lowest BCUT2D eigenvalue weighted by atomic mass is 10.1. The molecule has 1 atom stereocenters. The van der Waals surface area contributed by atoms with Crippen molar-refractivity contribution in [1.29, 1.82) is 0 Å². The van der Waals surface area contributed by atoms with E-state index in [1.165, 1.54) is 18.1 Å². The minimum atomic E-state index is -0.609. The number of methoxy groups -OCH3 is 1. The first-order chi connectivity index (χ1) is 9.52. The summed E-state index contributed by atoms with van der Waals surface area (Å²) in [5.74, 6) is -0.885. The smallest absolute Gasteiger partial charge is 0.410 e. The van der Waals surface area contributed by atoms with Gasteiger partial charge in [-0.1, -0.05) is 6.07 Å². The molecule has 20 heavy (non-hydrogen) atoms. The zero-order valence-corrected chi connectivity index (χ0v) is 11.5. The van der Waals surface area contributed by atoms with E-state index in [1.54, 1.807) is 12.1 Å². The molecule has 1 saturated heterocycles. The number of carbonyl (C=O) groups is 2. The lowest BCUT2D eigenvalue weighted by Gasteiger charge is -2.22. The zero-order valence-electron chi connectivity index (χ0n) is 11.5. The van der Waals surface area contributed by atoms with E-state index in [0.717, 1.165) is 12.0 Å². The van der Waals surface area contributed by atoms with Crippen LogP contribution >= 0.6 is 0 Å². The highest BCUT2D eigenvalue weighted by molar-refractivity contribution is 5.97. The second-order valence-electron chi connectivity index (χ2n) is 4.79. The number of hydrogen-bond donors (Lipinski definition) is 1. The monoisotopic (exact) mass is 280 g/mol. The molecule has 108 valence electrons. The van der Waals surface area contributed by atoms with Gasteiger partial charge in [-0.25, -0.2) is 9.18 Å². The molecule has 2 amide bonds. The van der Waals surface area contributed by atoms with Crippen molar-refractivity contribution < 1.29 is 18.7 Å². The Morgan fingerprint density at radius 3 is 2.90 bits per heavy atom. The van der Waals surface area contributed by atoms with Crippen LogP contribution in [-0.2, 0) is 9.53 Å². The molecular formula is C14H17FN2O3. The van der Waals surface area contributed by atoms with E-state index < -0.39 is 23.9 Å². The molecule has 1 fully saturated rings. The standard InChI is InChI=1S/C14H17FN2O3/c1-9-5-6-10(15)11(8-9)16-13(18)12-4-3-7-17(12)14(19)20-2/h5-6,8,12H,3-4,7H2,1-2H3,(H,16,18). The van der Waals surface area contributed by atoms with Crippen molar-refractivity contribution in [3.63, 3.8) is 0 Å². The number of anilines is 1. The summed E-state index contributed by atoms with van der Waals surface area (Å²) in [6, 6.07) is 3.88. The van der Waals surface area contributed by atoms with Crippen molar-refractivity contribution in [2.24, 2.45) is 0 Å². The third-order valence-electron chi connectivity index (χ3n) is 3.34. The number of amides is 2. The molecule has 1 aromatic rings. The number of benzene rings is 1. The molecule has 0 radical (unpaired) electrons. The van der Waals surface area contributed by atoms with Crippen molar-refractivity contribution in [1.82, 2.24) is 4.90 Å². The van der Waals surface area contributed by atoms with Crippen molar-refractivity contribution in [2.45, 2.75) is 25.8 Å². The van der Waals surface area contributed by atoms with Gasteiger partial charge in [0.25, 0.3) is 0 Å². The van der Waals surface area contributed by atoms with Gasteiger partial charge in [0, 0.05) is 6.54 Å². The number of likely N-dealkylation sites (tertiary alicyclic amines) is 1.